The predicted octanol–water partition coefficient (Wildman–Crippen LogP) is 3.92. The number of rotatable bonds is 6. The fourth-order valence-electron chi connectivity index (χ4n) is 4.02. The highest BCUT2D eigenvalue weighted by molar-refractivity contribution is 5.60. The lowest BCUT2D eigenvalue weighted by Crippen LogP contribution is -2.43. The van der Waals surface area contributed by atoms with E-state index >= 15 is 0 Å². The summed E-state index contributed by atoms with van der Waals surface area (Å²) >= 11 is 0. The molecule has 11 heteroatoms. The first-order valence-corrected chi connectivity index (χ1v) is 11.3. The molecule has 0 aliphatic carbocycles. The molecule has 0 radical (unpaired) electrons. The van der Waals surface area contributed by atoms with Crippen molar-refractivity contribution in [1.29, 1.82) is 0 Å². The van der Waals surface area contributed by atoms with E-state index in [1.807, 2.05) is 12.1 Å². The molecule has 1 aliphatic heterocycles. The third-order valence-electron chi connectivity index (χ3n) is 5.75. The zero-order chi connectivity index (χ0) is 25.1. The fourth-order valence-corrected chi connectivity index (χ4v) is 4.02. The standard InChI is InChI=1S/C25H22F3N5O3/c26-25(27,28)35-21-7-4-18(5-8-21)23-30-24(36-31-23)19-6-9-22(34)33(16-19)15-17-2-1-3-20(14-17)32-12-10-29-11-13-32/h1-9,14,16,29H,10-13,15H2. The Balaban J connectivity index is 1.34. The molecule has 1 N–H and O–H groups in total. The molecule has 0 atom stereocenters. The molecule has 4 aromatic rings. The van der Waals surface area contributed by atoms with Gasteiger partial charge in [0.1, 0.15) is 5.75 Å². The van der Waals surface area contributed by atoms with Gasteiger partial charge in [0.15, 0.2) is 0 Å². The molecule has 8 nitrogen and oxygen atoms in total. The normalized spacial score (nSPS) is 14.1. The van der Waals surface area contributed by atoms with Gasteiger partial charge in [-0.1, -0.05) is 17.3 Å². The van der Waals surface area contributed by atoms with E-state index in [1.165, 1.54) is 30.3 Å². The number of pyridine rings is 1. The SMILES string of the molecule is O=c1ccc(-c2nc(-c3ccc(OC(F)(F)F)cc3)no2)cn1Cc1cccc(N2CCNCC2)c1. The zero-order valence-corrected chi connectivity index (χ0v) is 19.0. The Labute approximate surface area is 203 Å². The van der Waals surface area contributed by atoms with Crippen molar-refractivity contribution in [1.82, 2.24) is 20.0 Å². The third-order valence-corrected chi connectivity index (χ3v) is 5.75. The summed E-state index contributed by atoms with van der Waals surface area (Å²) < 4.78 is 47.9. The van der Waals surface area contributed by atoms with Crippen LogP contribution >= 0.6 is 0 Å². The molecule has 0 spiro atoms. The highest BCUT2D eigenvalue weighted by Crippen LogP contribution is 2.27. The van der Waals surface area contributed by atoms with Crippen LogP contribution in [-0.4, -0.2) is 47.2 Å². The zero-order valence-electron chi connectivity index (χ0n) is 19.0. The van der Waals surface area contributed by atoms with Gasteiger partial charge in [0.25, 0.3) is 11.4 Å². The quantitative estimate of drug-likeness (QED) is 0.432. The molecule has 5 rings (SSSR count). The number of alkyl halides is 3. The minimum atomic E-state index is -4.77. The van der Waals surface area contributed by atoms with Crippen molar-refractivity contribution in [3.63, 3.8) is 0 Å². The Kier molecular flexibility index (Phi) is 6.47. The van der Waals surface area contributed by atoms with Crippen LogP contribution in [0.25, 0.3) is 22.8 Å². The fraction of sp³-hybridized carbons (Fsp3) is 0.240. The van der Waals surface area contributed by atoms with E-state index in [0.717, 1.165) is 37.4 Å². The number of anilines is 1. The molecule has 186 valence electrons. The molecule has 1 saturated heterocycles. The lowest BCUT2D eigenvalue weighted by atomic mass is 10.1. The maximum absolute atomic E-state index is 12.5. The molecule has 2 aromatic carbocycles. The number of hydrogen-bond acceptors (Lipinski definition) is 7. The summed E-state index contributed by atoms with van der Waals surface area (Å²) in [5.74, 6) is 0.0389. The maximum Gasteiger partial charge on any atom is 0.573 e. The lowest BCUT2D eigenvalue weighted by Gasteiger charge is -2.29. The smallest absolute Gasteiger partial charge is 0.406 e. The van der Waals surface area contributed by atoms with E-state index < -0.39 is 6.36 Å². The summed E-state index contributed by atoms with van der Waals surface area (Å²) in [6.07, 6.45) is -3.12. The van der Waals surface area contributed by atoms with Gasteiger partial charge in [-0.3, -0.25) is 4.79 Å². The van der Waals surface area contributed by atoms with Gasteiger partial charge in [-0.2, -0.15) is 4.98 Å². The number of benzene rings is 2. The van der Waals surface area contributed by atoms with Gasteiger partial charge in [-0.15, -0.1) is 13.2 Å². The first-order chi connectivity index (χ1) is 17.3. The van der Waals surface area contributed by atoms with Crippen LogP contribution in [0, 0.1) is 0 Å². The Bertz CT molecular complexity index is 1390. The maximum atomic E-state index is 12.5. The lowest BCUT2D eigenvalue weighted by molar-refractivity contribution is -0.274. The molecule has 36 heavy (non-hydrogen) atoms. The summed E-state index contributed by atoms with van der Waals surface area (Å²) in [7, 11) is 0. The number of piperazine rings is 1. The first-order valence-electron chi connectivity index (χ1n) is 11.3. The van der Waals surface area contributed by atoms with Crippen molar-refractivity contribution in [2.24, 2.45) is 0 Å². The number of halogens is 3. The van der Waals surface area contributed by atoms with Gasteiger partial charge >= 0.3 is 6.36 Å². The van der Waals surface area contributed by atoms with Crippen LogP contribution in [0.15, 0.2) is 76.2 Å². The number of nitrogens with one attached hydrogen (secondary N) is 1. The van der Waals surface area contributed by atoms with Gasteiger partial charge in [-0.05, 0) is 48.0 Å². The molecule has 0 unspecified atom stereocenters. The highest BCUT2D eigenvalue weighted by Gasteiger charge is 2.31. The van der Waals surface area contributed by atoms with Crippen LogP contribution in [0.3, 0.4) is 0 Å². The molecule has 1 aliphatic rings. The number of ether oxygens (including phenoxy) is 1. The van der Waals surface area contributed by atoms with Crippen molar-refractivity contribution in [3.05, 3.63) is 82.8 Å². The number of aromatic nitrogens is 3. The van der Waals surface area contributed by atoms with Crippen LogP contribution in [0.4, 0.5) is 18.9 Å². The van der Waals surface area contributed by atoms with Crippen LogP contribution in [0.1, 0.15) is 5.56 Å². The Morgan fingerprint density at radius 2 is 1.75 bits per heavy atom. The van der Waals surface area contributed by atoms with Crippen LogP contribution in [0.2, 0.25) is 0 Å². The van der Waals surface area contributed by atoms with E-state index in [0.29, 0.717) is 17.7 Å². The monoisotopic (exact) mass is 497 g/mol. The topological polar surface area (TPSA) is 85.4 Å². The minimum Gasteiger partial charge on any atom is -0.406 e. The average molecular weight is 497 g/mol. The van der Waals surface area contributed by atoms with Crippen molar-refractivity contribution in [2.75, 3.05) is 31.1 Å². The Hall–Kier alpha value is -4.12. The van der Waals surface area contributed by atoms with Crippen LogP contribution in [0.5, 0.6) is 5.75 Å². The molecule has 0 saturated carbocycles. The van der Waals surface area contributed by atoms with Gasteiger partial charge in [0.05, 0.1) is 12.1 Å². The molecular weight excluding hydrogens is 475 g/mol. The largest absolute Gasteiger partial charge is 0.573 e. The minimum absolute atomic E-state index is 0.175. The van der Waals surface area contributed by atoms with Crippen molar-refractivity contribution < 1.29 is 22.4 Å². The van der Waals surface area contributed by atoms with Crippen LogP contribution in [-0.2, 0) is 6.54 Å². The summed E-state index contributed by atoms with van der Waals surface area (Å²) in [6.45, 7) is 4.09. The Morgan fingerprint density at radius 3 is 2.50 bits per heavy atom. The van der Waals surface area contributed by atoms with E-state index in [9.17, 15) is 18.0 Å². The number of nitrogens with zero attached hydrogens (tertiary/aromatic N) is 4. The summed E-state index contributed by atoms with van der Waals surface area (Å²) in [4.78, 5) is 19.2. The highest BCUT2D eigenvalue weighted by atomic mass is 19.4. The van der Waals surface area contributed by atoms with E-state index in [-0.39, 0.29) is 23.0 Å². The van der Waals surface area contributed by atoms with Gasteiger partial charge in [0, 0.05) is 49.7 Å². The van der Waals surface area contributed by atoms with E-state index in [4.69, 9.17) is 4.52 Å². The van der Waals surface area contributed by atoms with Gasteiger partial charge in [0.2, 0.25) is 5.82 Å². The second-order valence-electron chi connectivity index (χ2n) is 8.29. The molecular formula is C25H22F3N5O3. The summed E-state index contributed by atoms with van der Waals surface area (Å²) in [5.41, 5.74) is 2.93. The molecule has 1 fully saturated rings. The van der Waals surface area contributed by atoms with Gasteiger partial charge in [-0.25, -0.2) is 0 Å². The molecule has 0 amide bonds. The van der Waals surface area contributed by atoms with Crippen LogP contribution < -0.4 is 20.5 Å². The van der Waals surface area contributed by atoms with Crippen molar-refractivity contribution in [3.8, 4) is 28.6 Å². The first kappa shape index (κ1) is 23.6. The number of hydrogen-bond donors (Lipinski definition) is 1. The predicted molar refractivity (Wildman–Crippen MR) is 127 cm³/mol. The molecule has 3 heterocycles. The Morgan fingerprint density at radius 1 is 1.00 bits per heavy atom. The van der Waals surface area contributed by atoms with Crippen molar-refractivity contribution in [2.45, 2.75) is 12.9 Å². The van der Waals surface area contributed by atoms with Crippen molar-refractivity contribution >= 4 is 5.69 Å². The average Bonchev–Trinajstić information content (AvgIpc) is 3.36. The summed E-state index contributed by atoms with van der Waals surface area (Å²) in [5, 5.41) is 7.26. The second-order valence-corrected chi connectivity index (χ2v) is 8.29. The molecule has 2 aromatic heterocycles. The third kappa shape index (κ3) is 5.57. The molecule has 0 bridgehead atoms. The van der Waals surface area contributed by atoms with E-state index in [1.54, 1.807) is 16.8 Å². The van der Waals surface area contributed by atoms with Gasteiger partial charge < -0.3 is 24.0 Å². The second kappa shape index (κ2) is 9.86. The van der Waals surface area contributed by atoms with E-state index in [2.05, 4.69) is 37.2 Å². The summed E-state index contributed by atoms with van der Waals surface area (Å²) in [6, 6.07) is 16.3.